The van der Waals surface area contributed by atoms with E-state index in [0.717, 1.165) is 49.0 Å². The third-order valence-electron chi connectivity index (χ3n) is 13.0. The fraction of sp³-hybridized carbons (Fsp3) is 0.824. The summed E-state index contributed by atoms with van der Waals surface area (Å²) in [7, 11) is -3.72. The molecular weight excluding hydrogens is 520 g/mol. The Morgan fingerprint density at radius 3 is 2.50 bits per heavy atom. The number of aryl methyl sites for hydroxylation is 1. The molecule has 1 aromatic rings. The third-order valence-corrected chi connectivity index (χ3v) is 14.3. The van der Waals surface area contributed by atoms with Crippen molar-refractivity contribution in [1.82, 2.24) is 0 Å². The predicted molar refractivity (Wildman–Crippen MR) is 157 cm³/mol. The molecule has 224 valence electrons. The van der Waals surface area contributed by atoms with E-state index in [1.165, 1.54) is 38.5 Å². The monoisotopic (exact) mass is 572 g/mol. The van der Waals surface area contributed by atoms with Crippen LogP contribution in [0.3, 0.4) is 0 Å². The molecule has 4 aliphatic carbocycles. The highest BCUT2D eigenvalue weighted by Gasteiger charge is 2.65. The summed E-state index contributed by atoms with van der Waals surface area (Å²) in [5.41, 5.74) is 1.82. The molecule has 0 amide bonds. The minimum absolute atomic E-state index is 0.0765. The Hall–Kier alpha value is -0.950. The van der Waals surface area contributed by atoms with Crippen LogP contribution < -0.4 is 0 Å². The Morgan fingerprint density at radius 2 is 1.75 bits per heavy atom. The smallest absolute Gasteiger partial charge is 0.296 e. The molecule has 5 nitrogen and oxygen atoms in total. The van der Waals surface area contributed by atoms with Gasteiger partial charge in [0.15, 0.2) is 0 Å². The van der Waals surface area contributed by atoms with Crippen molar-refractivity contribution in [3.63, 3.8) is 0 Å². The van der Waals surface area contributed by atoms with Gasteiger partial charge in [0.1, 0.15) is 0 Å². The van der Waals surface area contributed by atoms with Crippen molar-refractivity contribution in [2.75, 3.05) is 6.61 Å². The molecule has 1 saturated heterocycles. The first kappa shape index (κ1) is 29.1. The maximum atomic E-state index is 12.6. The molecule has 0 spiro atoms. The summed E-state index contributed by atoms with van der Waals surface area (Å²) < 4.78 is 37.5. The lowest BCUT2D eigenvalue weighted by atomic mass is 9.44. The van der Waals surface area contributed by atoms with Gasteiger partial charge in [0.2, 0.25) is 0 Å². The van der Waals surface area contributed by atoms with Crippen molar-refractivity contribution < 1.29 is 22.4 Å². The van der Waals surface area contributed by atoms with Crippen LogP contribution >= 0.6 is 0 Å². The molecule has 6 heteroatoms. The van der Waals surface area contributed by atoms with Gasteiger partial charge in [0.05, 0.1) is 29.8 Å². The highest BCUT2D eigenvalue weighted by Crippen LogP contribution is 2.70. The van der Waals surface area contributed by atoms with Gasteiger partial charge in [-0.1, -0.05) is 45.4 Å². The number of hydrogen-bond acceptors (Lipinski definition) is 5. The molecule has 12 unspecified atom stereocenters. The zero-order valence-corrected chi connectivity index (χ0v) is 26.2. The second-order valence-corrected chi connectivity index (χ2v) is 16.8. The summed E-state index contributed by atoms with van der Waals surface area (Å²) in [6.45, 7) is 11.9. The summed E-state index contributed by atoms with van der Waals surface area (Å²) in [5, 5.41) is 10.4. The molecule has 0 aromatic heterocycles. The summed E-state index contributed by atoms with van der Waals surface area (Å²) in [4.78, 5) is 0.229. The number of ether oxygens (including phenoxy) is 1. The molecule has 0 radical (unpaired) electrons. The van der Waals surface area contributed by atoms with Crippen LogP contribution in [0.4, 0.5) is 0 Å². The Balaban J connectivity index is 1.05. The zero-order valence-electron chi connectivity index (χ0n) is 25.3. The molecule has 1 aliphatic heterocycles. The lowest BCUT2D eigenvalue weighted by Crippen LogP contribution is -2.54. The second-order valence-electron chi connectivity index (χ2n) is 15.2. The normalized spacial score (nSPS) is 45.3. The second kappa shape index (κ2) is 10.6. The van der Waals surface area contributed by atoms with Gasteiger partial charge in [-0.15, -0.1) is 0 Å². The molecule has 1 heterocycles. The maximum Gasteiger partial charge on any atom is 0.296 e. The number of aliphatic hydroxyl groups excluding tert-OH is 1. The van der Waals surface area contributed by atoms with Crippen LogP contribution in [0.5, 0.6) is 0 Å². The standard InChI is InChI=1S/C34H52O5S/c1-21-6-10-26(11-7-21)40(36,37)38-20-22(2)8-13-30-23(3)32-31(39-30)19-29-27-12-9-24-18-25(35)14-16-33(24,4)28(27)15-17-34(29,32)5/h6-7,10-11,22-25,27-32,35H,8-9,12-20H2,1-5H3. The van der Waals surface area contributed by atoms with E-state index >= 15 is 0 Å². The van der Waals surface area contributed by atoms with Crippen LogP contribution in [0, 0.1) is 59.2 Å². The Labute approximate surface area is 242 Å². The highest BCUT2D eigenvalue weighted by molar-refractivity contribution is 7.86. The molecule has 5 aliphatic rings. The van der Waals surface area contributed by atoms with Crippen molar-refractivity contribution in [2.45, 2.75) is 122 Å². The fourth-order valence-electron chi connectivity index (χ4n) is 10.8. The van der Waals surface area contributed by atoms with Crippen molar-refractivity contribution in [1.29, 1.82) is 0 Å². The molecule has 4 saturated carbocycles. The van der Waals surface area contributed by atoms with Crippen molar-refractivity contribution in [3.8, 4) is 0 Å². The van der Waals surface area contributed by atoms with Crippen LogP contribution in [-0.2, 0) is 19.0 Å². The fourth-order valence-corrected chi connectivity index (χ4v) is 11.8. The average Bonchev–Trinajstić information content (AvgIpc) is 3.40. The van der Waals surface area contributed by atoms with E-state index in [9.17, 15) is 13.5 Å². The number of hydrogen-bond donors (Lipinski definition) is 1. The van der Waals surface area contributed by atoms with E-state index in [1.807, 2.05) is 6.92 Å². The molecular formula is C34H52O5S. The van der Waals surface area contributed by atoms with Crippen LogP contribution in [0.15, 0.2) is 29.2 Å². The minimum Gasteiger partial charge on any atom is -0.393 e. The molecule has 40 heavy (non-hydrogen) atoms. The number of rotatable bonds is 7. The van der Waals surface area contributed by atoms with E-state index in [1.54, 1.807) is 24.3 Å². The quantitative estimate of drug-likeness (QED) is 0.351. The summed E-state index contributed by atoms with van der Waals surface area (Å²) in [5.74, 6) is 4.45. The lowest BCUT2D eigenvalue weighted by Gasteiger charge is -2.61. The first-order chi connectivity index (χ1) is 18.9. The van der Waals surface area contributed by atoms with E-state index in [2.05, 4.69) is 27.7 Å². The van der Waals surface area contributed by atoms with Gasteiger partial charge in [0.25, 0.3) is 10.1 Å². The molecule has 12 atom stereocenters. The van der Waals surface area contributed by atoms with E-state index in [0.29, 0.717) is 34.7 Å². The first-order valence-corrected chi connectivity index (χ1v) is 17.6. The van der Waals surface area contributed by atoms with E-state index < -0.39 is 10.1 Å². The summed E-state index contributed by atoms with van der Waals surface area (Å²) >= 11 is 0. The Bertz CT molecular complexity index is 1170. The lowest BCUT2D eigenvalue weighted by molar-refractivity contribution is -0.130. The number of benzene rings is 1. The minimum atomic E-state index is -3.72. The van der Waals surface area contributed by atoms with Gasteiger partial charge in [-0.25, -0.2) is 0 Å². The third kappa shape index (κ3) is 4.91. The number of aliphatic hydroxyl groups is 1. The molecule has 0 bridgehead atoms. The topological polar surface area (TPSA) is 72.8 Å². The van der Waals surface area contributed by atoms with E-state index in [4.69, 9.17) is 8.92 Å². The molecule has 5 fully saturated rings. The summed E-state index contributed by atoms with van der Waals surface area (Å²) in [6, 6.07) is 6.85. The number of fused-ring (bicyclic) bond motifs is 7. The highest BCUT2D eigenvalue weighted by atomic mass is 32.2. The zero-order chi connectivity index (χ0) is 28.4. The summed E-state index contributed by atoms with van der Waals surface area (Å²) in [6.07, 6.45) is 12.2. The van der Waals surface area contributed by atoms with Crippen LogP contribution in [0.25, 0.3) is 0 Å². The van der Waals surface area contributed by atoms with Gasteiger partial charge >= 0.3 is 0 Å². The first-order valence-electron chi connectivity index (χ1n) is 16.2. The van der Waals surface area contributed by atoms with Gasteiger partial charge < -0.3 is 9.84 Å². The van der Waals surface area contributed by atoms with Crippen LogP contribution in [0.2, 0.25) is 0 Å². The molecule has 1 aromatic carbocycles. The predicted octanol–water partition coefficient (Wildman–Crippen LogP) is 7.15. The maximum absolute atomic E-state index is 12.6. The van der Waals surface area contributed by atoms with Gasteiger partial charge in [0, 0.05) is 0 Å². The molecule has 1 N–H and O–H groups in total. The molecule has 6 rings (SSSR count). The van der Waals surface area contributed by atoms with Gasteiger partial charge in [-0.2, -0.15) is 8.42 Å². The Kier molecular flexibility index (Phi) is 7.75. The van der Waals surface area contributed by atoms with Crippen molar-refractivity contribution in [3.05, 3.63) is 29.8 Å². The van der Waals surface area contributed by atoms with Gasteiger partial charge in [-0.05, 0) is 136 Å². The largest absolute Gasteiger partial charge is 0.393 e. The van der Waals surface area contributed by atoms with Gasteiger partial charge in [-0.3, -0.25) is 4.18 Å². The Morgan fingerprint density at radius 1 is 1.02 bits per heavy atom. The average molecular weight is 573 g/mol. The SMILES string of the molecule is Cc1ccc(S(=O)(=O)OCC(C)CCC2OC3CC4C5CCC6CC(O)CCC6(C)C5CCC4(C)C3C2C)cc1. The van der Waals surface area contributed by atoms with Crippen LogP contribution in [0.1, 0.15) is 97.5 Å². The van der Waals surface area contributed by atoms with Crippen LogP contribution in [-0.4, -0.2) is 38.4 Å². The van der Waals surface area contributed by atoms with Crippen molar-refractivity contribution in [2.24, 2.45) is 52.3 Å². The van der Waals surface area contributed by atoms with E-state index in [-0.39, 0.29) is 29.6 Å². The van der Waals surface area contributed by atoms with Crippen molar-refractivity contribution >= 4 is 10.1 Å².